The van der Waals surface area contributed by atoms with E-state index in [1.54, 1.807) is 10.9 Å². The van der Waals surface area contributed by atoms with E-state index in [9.17, 15) is 10.2 Å². The van der Waals surface area contributed by atoms with Crippen molar-refractivity contribution < 1.29 is 14.9 Å². The van der Waals surface area contributed by atoms with Crippen LogP contribution in [0.3, 0.4) is 0 Å². The normalized spacial score (nSPS) is 31.2. The first-order valence-corrected chi connectivity index (χ1v) is 6.22. The SMILES string of the molecule is Cc1ncnc2c1ncn2[C@@H]1O[C@H](CO)C(O)[C@@H]1C. The van der Waals surface area contributed by atoms with Gasteiger partial charge in [-0.05, 0) is 6.92 Å². The number of ether oxygens (including phenoxy) is 1. The minimum Gasteiger partial charge on any atom is -0.394 e. The monoisotopic (exact) mass is 264 g/mol. The Labute approximate surface area is 109 Å². The molecule has 0 amide bonds. The van der Waals surface area contributed by atoms with Gasteiger partial charge in [0.15, 0.2) is 5.65 Å². The van der Waals surface area contributed by atoms with Crippen LogP contribution < -0.4 is 0 Å². The molecule has 0 saturated carbocycles. The fourth-order valence-corrected chi connectivity index (χ4v) is 2.52. The van der Waals surface area contributed by atoms with Gasteiger partial charge in [-0.15, -0.1) is 0 Å². The number of aromatic nitrogens is 4. The van der Waals surface area contributed by atoms with Crippen LogP contribution in [0.25, 0.3) is 11.2 Å². The summed E-state index contributed by atoms with van der Waals surface area (Å²) in [6.07, 6.45) is 1.47. The molecule has 1 aliphatic rings. The Balaban J connectivity index is 2.04. The summed E-state index contributed by atoms with van der Waals surface area (Å²) in [4.78, 5) is 12.6. The molecule has 4 atom stereocenters. The number of rotatable bonds is 2. The number of hydrogen-bond donors (Lipinski definition) is 2. The minimum absolute atomic E-state index is 0.148. The largest absolute Gasteiger partial charge is 0.394 e. The van der Waals surface area contributed by atoms with Crippen molar-refractivity contribution in [1.82, 2.24) is 19.5 Å². The summed E-state index contributed by atoms with van der Waals surface area (Å²) >= 11 is 0. The molecule has 102 valence electrons. The van der Waals surface area contributed by atoms with Gasteiger partial charge >= 0.3 is 0 Å². The standard InChI is InChI=1S/C12H16N4O3/c1-6-10(18)8(3-17)19-12(6)16-5-15-9-7(2)13-4-14-11(9)16/h4-6,8,10,12,17-18H,3H2,1-2H3/t6-,8+,10?,12+/m0/s1. The van der Waals surface area contributed by atoms with Crippen LogP contribution in [-0.4, -0.2) is 48.5 Å². The van der Waals surface area contributed by atoms with Crippen LogP contribution in [0, 0.1) is 12.8 Å². The van der Waals surface area contributed by atoms with Crippen LogP contribution >= 0.6 is 0 Å². The predicted octanol–water partition coefficient (Wildman–Crippen LogP) is 0.0214. The molecule has 1 fully saturated rings. The van der Waals surface area contributed by atoms with E-state index in [0.717, 1.165) is 11.2 Å². The summed E-state index contributed by atoms with van der Waals surface area (Å²) < 4.78 is 7.48. The predicted molar refractivity (Wildman–Crippen MR) is 66.2 cm³/mol. The number of hydrogen-bond acceptors (Lipinski definition) is 6. The number of aryl methyl sites for hydroxylation is 1. The van der Waals surface area contributed by atoms with Crippen molar-refractivity contribution in [3.8, 4) is 0 Å². The molecule has 7 nitrogen and oxygen atoms in total. The lowest BCUT2D eigenvalue weighted by molar-refractivity contribution is -0.0447. The second kappa shape index (κ2) is 4.52. The lowest BCUT2D eigenvalue weighted by Gasteiger charge is -2.17. The number of fused-ring (bicyclic) bond motifs is 1. The average Bonchev–Trinajstić information content (AvgIpc) is 2.94. The number of nitrogens with zero attached hydrogens (tertiary/aromatic N) is 4. The zero-order valence-corrected chi connectivity index (χ0v) is 10.8. The molecule has 0 bridgehead atoms. The molecule has 19 heavy (non-hydrogen) atoms. The van der Waals surface area contributed by atoms with Crippen LogP contribution in [0.1, 0.15) is 18.8 Å². The van der Waals surface area contributed by atoms with Gasteiger partial charge in [0.05, 0.1) is 24.7 Å². The van der Waals surface area contributed by atoms with Gasteiger partial charge in [-0.25, -0.2) is 15.0 Å². The van der Waals surface area contributed by atoms with E-state index in [1.807, 2.05) is 13.8 Å². The van der Waals surface area contributed by atoms with E-state index in [4.69, 9.17) is 4.74 Å². The molecule has 7 heteroatoms. The fourth-order valence-electron chi connectivity index (χ4n) is 2.52. The first-order chi connectivity index (χ1) is 9.13. The van der Waals surface area contributed by atoms with Gasteiger partial charge in [-0.3, -0.25) is 4.57 Å². The van der Waals surface area contributed by atoms with Crippen LogP contribution in [0.15, 0.2) is 12.7 Å². The topological polar surface area (TPSA) is 93.3 Å². The zero-order valence-electron chi connectivity index (χ0n) is 10.8. The van der Waals surface area contributed by atoms with Crippen molar-refractivity contribution >= 4 is 11.2 Å². The van der Waals surface area contributed by atoms with Gasteiger partial charge in [-0.2, -0.15) is 0 Å². The Morgan fingerprint density at radius 2 is 2.16 bits per heavy atom. The van der Waals surface area contributed by atoms with E-state index in [0.29, 0.717) is 5.65 Å². The molecule has 2 aromatic rings. The molecule has 2 aromatic heterocycles. The number of aliphatic hydroxyl groups excluding tert-OH is 2. The van der Waals surface area contributed by atoms with E-state index in [-0.39, 0.29) is 18.8 Å². The summed E-state index contributed by atoms with van der Waals surface area (Å²) in [5, 5.41) is 19.2. The third-order valence-electron chi connectivity index (χ3n) is 3.68. The van der Waals surface area contributed by atoms with Crippen molar-refractivity contribution in [3.05, 3.63) is 18.3 Å². The lowest BCUT2D eigenvalue weighted by Crippen LogP contribution is -2.28. The van der Waals surface area contributed by atoms with E-state index in [1.165, 1.54) is 6.33 Å². The van der Waals surface area contributed by atoms with Crippen molar-refractivity contribution in [2.45, 2.75) is 32.3 Å². The van der Waals surface area contributed by atoms with Gasteiger partial charge in [0.1, 0.15) is 24.2 Å². The fraction of sp³-hybridized carbons (Fsp3) is 0.583. The van der Waals surface area contributed by atoms with Gasteiger partial charge in [0.2, 0.25) is 0 Å². The molecular formula is C12H16N4O3. The third-order valence-corrected chi connectivity index (χ3v) is 3.68. The van der Waals surface area contributed by atoms with Crippen molar-refractivity contribution in [1.29, 1.82) is 0 Å². The second-order valence-corrected chi connectivity index (χ2v) is 4.88. The lowest BCUT2D eigenvalue weighted by atomic mass is 10.0. The highest BCUT2D eigenvalue weighted by Gasteiger charge is 2.42. The van der Waals surface area contributed by atoms with E-state index >= 15 is 0 Å². The highest BCUT2D eigenvalue weighted by atomic mass is 16.5. The van der Waals surface area contributed by atoms with Crippen molar-refractivity contribution in [2.75, 3.05) is 6.61 Å². The summed E-state index contributed by atoms with van der Waals surface area (Å²) in [6.45, 7) is 3.54. The molecule has 0 radical (unpaired) electrons. The van der Waals surface area contributed by atoms with Gasteiger partial charge in [0.25, 0.3) is 0 Å². The maximum Gasteiger partial charge on any atom is 0.165 e. The molecule has 1 saturated heterocycles. The summed E-state index contributed by atoms with van der Waals surface area (Å²) in [5.41, 5.74) is 2.20. The first kappa shape index (κ1) is 12.5. The number of imidazole rings is 1. The molecule has 0 spiro atoms. The highest BCUT2D eigenvalue weighted by Crippen LogP contribution is 2.35. The highest BCUT2D eigenvalue weighted by molar-refractivity contribution is 5.72. The summed E-state index contributed by atoms with van der Waals surface area (Å²) in [6, 6.07) is 0. The number of aliphatic hydroxyl groups is 2. The van der Waals surface area contributed by atoms with Crippen molar-refractivity contribution in [3.63, 3.8) is 0 Å². The maximum atomic E-state index is 10.0. The molecular weight excluding hydrogens is 248 g/mol. The van der Waals surface area contributed by atoms with Gasteiger partial charge in [-0.1, -0.05) is 6.92 Å². The molecule has 2 N–H and O–H groups in total. The summed E-state index contributed by atoms with van der Waals surface area (Å²) in [5.74, 6) is -0.148. The Hall–Kier alpha value is -1.57. The average molecular weight is 264 g/mol. The molecule has 0 aromatic carbocycles. The smallest absolute Gasteiger partial charge is 0.165 e. The minimum atomic E-state index is -0.699. The van der Waals surface area contributed by atoms with E-state index in [2.05, 4.69) is 15.0 Å². The van der Waals surface area contributed by atoms with E-state index < -0.39 is 12.2 Å². The third kappa shape index (κ3) is 1.81. The summed E-state index contributed by atoms with van der Waals surface area (Å²) in [7, 11) is 0. The Morgan fingerprint density at radius 1 is 1.37 bits per heavy atom. The first-order valence-electron chi connectivity index (χ1n) is 6.22. The Bertz CT molecular complexity index is 600. The molecule has 1 unspecified atom stereocenters. The maximum absolute atomic E-state index is 10.0. The van der Waals surface area contributed by atoms with Gasteiger partial charge in [0, 0.05) is 5.92 Å². The van der Waals surface area contributed by atoms with Crippen LogP contribution in [-0.2, 0) is 4.74 Å². The Morgan fingerprint density at radius 3 is 2.84 bits per heavy atom. The van der Waals surface area contributed by atoms with Crippen LogP contribution in [0.5, 0.6) is 0 Å². The van der Waals surface area contributed by atoms with Crippen molar-refractivity contribution in [2.24, 2.45) is 5.92 Å². The quantitative estimate of drug-likeness (QED) is 0.794. The van der Waals surface area contributed by atoms with Gasteiger partial charge < -0.3 is 14.9 Å². The molecule has 0 aliphatic carbocycles. The molecule has 1 aliphatic heterocycles. The second-order valence-electron chi connectivity index (χ2n) is 4.88. The molecule has 3 rings (SSSR count). The van der Waals surface area contributed by atoms with Crippen LogP contribution in [0.4, 0.5) is 0 Å². The van der Waals surface area contributed by atoms with Crippen LogP contribution in [0.2, 0.25) is 0 Å². The zero-order chi connectivity index (χ0) is 13.6. The Kier molecular flexibility index (Phi) is 2.96. The molecule has 3 heterocycles.